The van der Waals surface area contributed by atoms with Crippen LogP contribution in [0.2, 0.25) is 10.0 Å². The summed E-state index contributed by atoms with van der Waals surface area (Å²) in [4.78, 5) is 25.9. The first-order valence-electron chi connectivity index (χ1n) is 10.7. The molecule has 172 valence electrons. The zero-order valence-corrected chi connectivity index (χ0v) is 19.9. The van der Waals surface area contributed by atoms with Crippen molar-refractivity contribution >= 4 is 40.7 Å². The van der Waals surface area contributed by atoms with Gasteiger partial charge in [0.05, 0.1) is 15.7 Å². The van der Waals surface area contributed by atoms with E-state index in [0.29, 0.717) is 54.2 Å². The van der Waals surface area contributed by atoms with Crippen molar-refractivity contribution in [2.24, 2.45) is 0 Å². The molecule has 0 unspecified atom stereocenters. The average molecular weight is 488 g/mol. The highest BCUT2D eigenvalue weighted by Crippen LogP contribution is 2.30. The Balaban J connectivity index is 1.49. The van der Waals surface area contributed by atoms with Crippen molar-refractivity contribution in [1.82, 2.24) is 14.9 Å². The monoisotopic (exact) mass is 487 g/mol. The molecule has 1 aliphatic rings. The van der Waals surface area contributed by atoms with Crippen LogP contribution in [-0.2, 0) is 6.42 Å². The van der Waals surface area contributed by atoms with E-state index in [1.807, 2.05) is 19.9 Å². The van der Waals surface area contributed by atoms with Crippen LogP contribution in [0.1, 0.15) is 22.6 Å². The van der Waals surface area contributed by atoms with Gasteiger partial charge in [-0.15, -0.1) is 0 Å². The summed E-state index contributed by atoms with van der Waals surface area (Å²) in [5, 5.41) is 3.60. The Morgan fingerprint density at radius 2 is 1.70 bits per heavy atom. The maximum absolute atomic E-state index is 13.7. The van der Waals surface area contributed by atoms with E-state index in [2.05, 4.69) is 15.2 Å². The van der Waals surface area contributed by atoms with Crippen molar-refractivity contribution in [3.8, 4) is 0 Å². The van der Waals surface area contributed by atoms with E-state index in [1.165, 1.54) is 12.1 Å². The molecule has 9 heteroatoms. The first-order valence-corrected chi connectivity index (χ1v) is 11.4. The van der Waals surface area contributed by atoms with Gasteiger partial charge < -0.3 is 15.1 Å². The lowest BCUT2D eigenvalue weighted by Gasteiger charge is -2.36. The zero-order chi connectivity index (χ0) is 23.5. The van der Waals surface area contributed by atoms with Crippen LogP contribution in [0.4, 0.5) is 20.7 Å². The molecule has 1 aliphatic heterocycles. The molecule has 6 nitrogen and oxygen atoms in total. The smallest absolute Gasteiger partial charge is 0.322 e. The third-order valence-electron chi connectivity index (χ3n) is 5.63. The normalized spacial score (nSPS) is 13.8. The Morgan fingerprint density at radius 3 is 2.36 bits per heavy atom. The summed E-state index contributed by atoms with van der Waals surface area (Å²) in [5.74, 6) is 1.25. The fourth-order valence-electron chi connectivity index (χ4n) is 3.96. The number of rotatable bonds is 4. The maximum atomic E-state index is 13.7. The van der Waals surface area contributed by atoms with Gasteiger partial charge >= 0.3 is 6.03 Å². The molecule has 33 heavy (non-hydrogen) atoms. The summed E-state index contributed by atoms with van der Waals surface area (Å²) in [5.41, 5.74) is 3.11. The van der Waals surface area contributed by atoms with Crippen molar-refractivity contribution in [1.29, 1.82) is 0 Å². The van der Waals surface area contributed by atoms with E-state index in [-0.39, 0.29) is 11.8 Å². The fraction of sp³-hybridized carbons (Fsp3) is 0.292. The van der Waals surface area contributed by atoms with E-state index < -0.39 is 0 Å². The highest BCUT2D eigenvalue weighted by Gasteiger charge is 2.25. The fourth-order valence-corrected chi connectivity index (χ4v) is 4.45. The molecule has 1 saturated heterocycles. The Hall–Kier alpha value is -2.90. The van der Waals surface area contributed by atoms with Crippen molar-refractivity contribution in [3.05, 3.63) is 81.0 Å². The first kappa shape index (κ1) is 23.3. The Labute approximate surface area is 202 Å². The second-order valence-corrected chi connectivity index (χ2v) is 8.78. The van der Waals surface area contributed by atoms with E-state index in [1.54, 1.807) is 29.2 Å². The number of para-hydroxylation sites is 1. The van der Waals surface area contributed by atoms with Crippen molar-refractivity contribution in [2.75, 3.05) is 36.4 Å². The molecule has 2 aromatic carbocycles. The van der Waals surface area contributed by atoms with Gasteiger partial charge in [-0.05, 0) is 43.7 Å². The zero-order valence-electron chi connectivity index (χ0n) is 18.4. The number of hydrogen-bond acceptors (Lipinski definition) is 4. The molecule has 0 atom stereocenters. The van der Waals surface area contributed by atoms with Gasteiger partial charge in [-0.25, -0.2) is 19.2 Å². The third kappa shape index (κ3) is 5.37. The lowest BCUT2D eigenvalue weighted by molar-refractivity contribution is 0.208. The summed E-state index contributed by atoms with van der Waals surface area (Å²) in [6.07, 6.45) is 0.533. The lowest BCUT2D eigenvalue weighted by atomic mass is 10.0. The topological polar surface area (TPSA) is 61.4 Å². The number of urea groups is 1. The molecular formula is C24H24Cl2FN5O. The average Bonchev–Trinajstić information content (AvgIpc) is 2.78. The highest BCUT2D eigenvalue weighted by atomic mass is 35.5. The summed E-state index contributed by atoms with van der Waals surface area (Å²) in [6.45, 7) is 6.04. The van der Waals surface area contributed by atoms with Crippen LogP contribution < -0.4 is 10.2 Å². The maximum Gasteiger partial charge on any atom is 0.322 e. The molecular weight excluding hydrogens is 464 g/mol. The lowest BCUT2D eigenvalue weighted by Crippen LogP contribution is -2.50. The number of aromatic nitrogens is 2. The Kier molecular flexibility index (Phi) is 7.00. The predicted octanol–water partition coefficient (Wildman–Crippen LogP) is 5.48. The van der Waals surface area contributed by atoms with Gasteiger partial charge in [-0.3, -0.25) is 0 Å². The molecule has 0 bridgehead atoms. The van der Waals surface area contributed by atoms with Gasteiger partial charge in [0, 0.05) is 43.9 Å². The minimum Gasteiger partial charge on any atom is -0.353 e. The molecule has 0 saturated carbocycles. The summed E-state index contributed by atoms with van der Waals surface area (Å²) in [6, 6.07) is 11.4. The van der Waals surface area contributed by atoms with Crippen LogP contribution in [0, 0.1) is 19.7 Å². The quantitative estimate of drug-likeness (QED) is 0.528. The van der Waals surface area contributed by atoms with Gasteiger partial charge in [0.25, 0.3) is 0 Å². The minimum absolute atomic E-state index is 0.250. The molecule has 3 aromatic rings. The molecule has 0 spiro atoms. The largest absolute Gasteiger partial charge is 0.353 e. The number of hydrogen-bond donors (Lipinski definition) is 1. The number of halogens is 3. The summed E-state index contributed by atoms with van der Waals surface area (Å²) < 4.78 is 13.7. The number of piperazine rings is 1. The minimum atomic E-state index is -0.266. The van der Waals surface area contributed by atoms with Crippen LogP contribution in [-0.4, -0.2) is 47.1 Å². The van der Waals surface area contributed by atoms with Gasteiger partial charge in [-0.2, -0.15) is 0 Å². The van der Waals surface area contributed by atoms with Crippen LogP contribution in [0.15, 0.2) is 42.5 Å². The first-order chi connectivity index (χ1) is 15.8. The molecule has 0 radical (unpaired) electrons. The van der Waals surface area contributed by atoms with Gasteiger partial charge in [-0.1, -0.05) is 41.4 Å². The molecule has 1 N–H and O–H groups in total. The molecule has 2 heterocycles. The van der Waals surface area contributed by atoms with Crippen LogP contribution in [0.25, 0.3) is 0 Å². The SMILES string of the molecule is Cc1nc(C)c(Cc2cccc(F)c2)c(N2CCN(C(=O)Nc3c(Cl)cccc3Cl)CC2)n1. The van der Waals surface area contributed by atoms with Crippen molar-refractivity contribution < 1.29 is 9.18 Å². The van der Waals surface area contributed by atoms with E-state index in [0.717, 1.165) is 22.6 Å². The number of carbonyl (C=O) groups is 1. The third-order valence-corrected chi connectivity index (χ3v) is 6.26. The second-order valence-electron chi connectivity index (χ2n) is 7.97. The van der Waals surface area contributed by atoms with Gasteiger partial charge in [0.15, 0.2) is 0 Å². The Bertz CT molecular complexity index is 1160. The molecule has 0 aliphatic carbocycles. The summed E-state index contributed by atoms with van der Waals surface area (Å²) in [7, 11) is 0. The number of anilines is 2. The number of carbonyl (C=O) groups excluding carboxylic acids is 1. The van der Waals surface area contributed by atoms with E-state index in [4.69, 9.17) is 28.2 Å². The van der Waals surface area contributed by atoms with Crippen LogP contribution in [0.3, 0.4) is 0 Å². The molecule has 1 aromatic heterocycles. The second kappa shape index (κ2) is 9.93. The predicted molar refractivity (Wildman–Crippen MR) is 130 cm³/mol. The number of benzene rings is 2. The van der Waals surface area contributed by atoms with Crippen molar-refractivity contribution in [3.63, 3.8) is 0 Å². The molecule has 4 rings (SSSR count). The van der Waals surface area contributed by atoms with E-state index in [9.17, 15) is 9.18 Å². The summed E-state index contributed by atoms with van der Waals surface area (Å²) >= 11 is 12.4. The highest BCUT2D eigenvalue weighted by molar-refractivity contribution is 6.39. The number of aryl methyl sites for hydroxylation is 2. The van der Waals surface area contributed by atoms with Crippen LogP contribution >= 0.6 is 23.2 Å². The number of nitrogens with zero attached hydrogens (tertiary/aromatic N) is 4. The number of nitrogens with one attached hydrogen (secondary N) is 1. The molecule has 1 fully saturated rings. The standard InChI is InChI=1S/C24H24Cl2FN5O/c1-15-19(14-17-5-3-6-18(27)13-17)23(29-16(2)28-15)31-9-11-32(12-10-31)24(33)30-22-20(25)7-4-8-21(22)26/h3-8,13H,9-12,14H2,1-2H3,(H,30,33). The van der Waals surface area contributed by atoms with E-state index >= 15 is 0 Å². The molecule has 2 amide bonds. The number of amides is 2. The van der Waals surface area contributed by atoms with Crippen LogP contribution in [0.5, 0.6) is 0 Å². The van der Waals surface area contributed by atoms with Gasteiger partial charge in [0.1, 0.15) is 17.5 Å². The van der Waals surface area contributed by atoms with Gasteiger partial charge in [0.2, 0.25) is 0 Å². The Morgan fingerprint density at radius 1 is 1.03 bits per heavy atom. The van der Waals surface area contributed by atoms with Crippen molar-refractivity contribution in [2.45, 2.75) is 20.3 Å².